The van der Waals surface area contributed by atoms with Gasteiger partial charge in [-0.05, 0) is 5.56 Å². The Morgan fingerprint density at radius 3 is 1.26 bits per heavy atom. The number of likely N-dealkylation sites (N-methyl/N-ethyl adjacent to an activating group) is 1. The number of hydrogen-bond donors (Lipinski definition) is 0. The molecule has 0 aliphatic carbocycles. The summed E-state index contributed by atoms with van der Waals surface area (Å²) in [4.78, 5) is 54.9. The van der Waals surface area contributed by atoms with Gasteiger partial charge in [-0.2, -0.15) is 0 Å². The van der Waals surface area contributed by atoms with E-state index in [0.29, 0.717) is 32.7 Å². The molecule has 0 atom stereocenters. The van der Waals surface area contributed by atoms with E-state index in [1.165, 1.54) is 0 Å². The molecule has 1 aromatic carbocycles. The number of carboxylic acids is 3. The average molecular weight is 692 g/mol. The number of benzene rings is 1. The standard InChI is InChI=1S/C24H37N5O7.C2H6.Gd/c1-25(15-20-5-3-2-4-6-20)21(30)16-26-7-9-27(17-22(31)32)11-13-29(19-24(35)36)14-12-28(10-8-26)18-23(33)34;1-2;/h2-6H,7-19H2,1H3,(H,31,32)(H,33,34)(H,35,36);1-2H3;/q;;+3/p-3. The molecule has 1 aromatic rings. The number of amides is 1. The molecule has 219 valence electrons. The smallest absolute Gasteiger partial charge is 0.549 e. The Morgan fingerprint density at radius 1 is 0.641 bits per heavy atom. The van der Waals surface area contributed by atoms with E-state index in [2.05, 4.69) is 0 Å². The van der Waals surface area contributed by atoms with Crippen LogP contribution in [-0.4, -0.2) is 134 Å². The molecule has 1 radical (unpaired) electrons. The predicted molar refractivity (Wildman–Crippen MR) is 135 cm³/mol. The van der Waals surface area contributed by atoms with Crippen LogP contribution in [0.15, 0.2) is 30.3 Å². The summed E-state index contributed by atoms with van der Waals surface area (Å²) in [5.41, 5.74) is 0.989. The van der Waals surface area contributed by atoms with Crippen LogP contribution in [0.3, 0.4) is 0 Å². The van der Waals surface area contributed by atoms with Gasteiger partial charge in [0.1, 0.15) is 0 Å². The van der Waals surface area contributed by atoms with Crippen LogP contribution < -0.4 is 15.3 Å². The van der Waals surface area contributed by atoms with E-state index in [1.54, 1.807) is 26.6 Å². The molecule has 1 aliphatic rings. The van der Waals surface area contributed by atoms with Crippen molar-refractivity contribution in [2.45, 2.75) is 20.4 Å². The number of aliphatic carboxylic acids is 3. The zero-order valence-electron chi connectivity index (χ0n) is 23.0. The van der Waals surface area contributed by atoms with E-state index in [0.717, 1.165) is 5.56 Å². The zero-order chi connectivity index (χ0) is 28.5. The molecule has 0 N–H and O–H groups in total. The van der Waals surface area contributed by atoms with E-state index in [-0.39, 0.29) is 98.2 Å². The Kier molecular flexibility index (Phi) is 20.1. The SMILES string of the molecule is CC.CN(Cc1ccccc1)C(=O)CN1CCN(CC(=O)[O-])CCN(CC(=O)[O-])CCN(CC(=O)[O-])CC1.[Gd+3]. The maximum Gasteiger partial charge on any atom is 3.00 e. The Bertz CT molecular complexity index is 846. The van der Waals surface area contributed by atoms with E-state index in [4.69, 9.17) is 0 Å². The Morgan fingerprint density at radius 2 is 0.949 bits per heavy atom. The molecule has 1 heterocycles. The second-order valence-electron chi connectivity index (χ2n) is 8.96. The molecule has 0 saturated carbocycles. The molecule has 12 nitrogen and oxygen atoms in total. The van der Waals surface area contributed by atoms with E-state index in [1.807, 2.05) is 49.1 Å². The van der Waals surface area contributed by atoms with Crippen LogP contribution in [-0.2, 0) is 25.7 Å². The number of carboxylic acid groups (broad SMARTS) is 3. The minimum Gasteiger partial charge on any atom is -0.549 e. The molecule has 0 aromatic heterocycles. The first-order chi connectivity index (χ1) is 18.1. The maximum absolute atomic E-state index is 12.9. The fourth-order valence-electron chi connectivity index (χ4n) is 4.02. The van der Waals surface area contributed by atoms with Gasteiger partial charge in [0.15, 0.2) is 0 Å². The van der Waals surface area contributed by atoms with Gasteiger partial charge in [0, 0.05) is 85.6 Å². The van der Waals surface area contributed by atoms with Crippen molar-refractivity contribution in [3.63, 3.8) is 0 Å². The number of hydrogen-bond acceptors (Lipinski definition) is 11. The van der Waals surface area contributed by atoms with E-state index in [9.17, 15) is 34.5 Å². The van der Waals surface area contributed by atoms with Crippen molar-refractivity contribution in [3.05, 3.63) is 35.9 Å². The van der Waals surface area contributed by atoms with Crippen molar-refractivity contribution in [3.8, 4) is 0 Å². The van der Waals surface area contributed by atoms with Crippen LogP contribution >= 0.6 is 0 Å². The maximum atomic E-state index is 12.9. The summed E-state index contributed by atoms with van der Waals surface area (Å²) >= 11 is 0. The van der Waals surface area contributed by atoms with Crippen molar-refractivity contribution < 1.29 is 74.4 Å². The summed E-state index contributed by atoms with van der Waals surface area (Å²) in [6.07, 6.45) is 0. The minimum absolute atomic E-state index is 0. The second-order valence-corrected chi connectivity index (χ2v) is 8.96. The monoisotopic (exact) mass is 692 g/mol. The number of carbonyl (C=O) groups is 4. The Balaban J connectivity index is 0.00000470. The normalized spacial score (nSPS) is 16.4. The molecular weight excluding hydrogens is 652 g/mol. The Hall–Kier alpha value is -1.74. The zero-order valence-corrected chi connectivity index (χ0v) is 25.3. The molecule has 1 amide bonds. The molecular formula is C26H40GdN5O7. The molecule has 1 aliphatic heterocycles. The molecule has 2 rings (SSSR count). The van der Waals surface area contributed by atoms with Crippen LogP contribution in [0.5, 0.6) is 0 Å². The van der Waals surface area contributed by atoms with Gasteiger partial charge in [-0.3, -0.25) is 24.4 Å². The van der Waals surface area contributed by atoms with Gasteiger partial charge in [-0.15, -0.1) is 0 Å². The minimum atomic E-state index is -1.27. The molecule has 0 bridgehead atoms. The van der Waals surface area contributed by atoms with Crippen molar-refractivity contribution in [1.82, 2.24) is 24.5 Å². The number of rotatable bonds is 10. The van der Waals surface area contributed by atoms with Crippen molar-refractivity contribution >= 4 is 23.8 Å². The van der Waals surface area contributed by atoms with E-state index >= 15 is 0 Å². The third-order valence-corrected chi connectivity index (χ3v) is 6.04. The van der Waals surface area contributed by atoms with E-state index < -0.39 is 17.9 Å². The summed E-state index contributed by atoms with van der Waals surface area (Å²) in [5.74, 6) is -3.90. The second kappa shape index (κ2) is 21.1. The average Bonchev–Trinajstić information content (AvgIpc) is 2.86. The fourth-order valence-corrected chi connectivity index (χ4v) is 4.02. The van der Waals surface area contributed by atoms with Crippen LogP contribution in [0.4, 0.5) is 0 Å². The predicted octanol–water partition coefficient (Wildman–Crippen LogP) is -3.86. The quantitative estimate of drug-likeness (QED) is 0.237. The van der Waals surface area contributed by atoms with Crippen LogP contribution in [0.2, 0.25) is 0 Å². The Labute approximate surface area is 263 Å². The third-order valence-electron chi connectivity index (χ3n) is 6.04. The van der Waals surface area contributed by atoms with Gasteiger partial charge in [-0.25, -0.2) is 0 Å². The molecule has 39 heavy (non-hydrogen) atoms. The summed E-state index contributed by atoms with van der Waals surface area (Å²) < 4.78 is 0. The van der Waals surface area contributed by atoms with Gasteiger partial charge in [0.05, 0.1) is 24.5 Å². The van der Waals surface area contributed by atoms with Gasteiger partial charge in [0.25, 0.3) is 0 Å². The topological polar surface area (TPSA) is 154 Å². The first kappa shape index (κ1) is 37.3. The first-order valence-corrected chi connectivity index (χ1v) is 12.9. The molecule has 0 spiro atoms. The summed E-state index contributed by atoms with van der Waals surface area (Å²) in [6.45, 7) is 5.87. The van der Waals surface area contributed by atoms with Gasteiger partial charge in [-0.1, -0.05) is 44.2 Å². The van der Waals surface area contributed by atoms with Crippen molar-refractivity contribution in [2.75, 3.05) is 85.6 Å². The van der Waals surface area contributed by atoms with Crippen LogP contribution in [0, 0.1) is 39.9 Å². The molecule has 1 fully saturated rings. The third kappa shape index (κ3) is 16.9. The van der Waals surface area contributed by atoms with Crippen molar-refractivity contribution in [2.24, 2.45) is 0 Å². The van der Waals surface area contributed by atoms with Gasteiger partial charge < -0.3 is 34.6 Å². The van der Waals surface area contributed by atoms with Crippen LogP contribution in [0.25, 0.3) is 0 Å². The summed E-state index contributed by atoms with van der Waals surface area (Å²) in [7, 11) is 1.71. The summed E-state index contributed by atoms with van der Waals surface area (Å²) in [6, 6.07) is 9.56. The molecule has 13 heteroatoms. The number of nitrogens with zero attached hydrogens (tertiary/aromatic N) is 5. The molecule has 0 unspecified atom stereocenters. The number of carbonyl (C=O) groups excluding carboxylic acids is 4. The van der Waals surface area contributed by atoms with Gasteiger partial charge in [0.2, 0.25) is 5.91 Å². The molecule has 1 saturated heterocycles. The van der Waals surface area contributed by atoms with Gasteiger partial charge >= 0.3 is 39.9 Å². The first-order valence-electron chi connectivity index (χ1n) is 12.9. The van der Waals surface area contributed by atoms with Crippen molar-refractivity contribution in [1.29, 1.82) is 0 Å². The summed E-state index contributed by atoms with van der Waals surface area (Å²) in [5, 5.41) is 33.7. The fraction of sp³-hybridized carbons (Fsp3) is 0.615. The van der Waals surface area contributed by atoms with Crippen LogP contribution in [0.1, 0.15) is 19.4 Å². The largest absolute Gasteiger partial charge is 3.00 e.